The minimum absolute atomic E-state index is 0.0736. The summed E-state index contributed by atoms with van der Waals surface area (Å²) in [6, 6.07) is -0.699. The number of unbranched alkanes of at least 4 members (excludes halogenated alkanes) is 34. The Bertz CT molecular complexity index is 893. The lowest BCUT2D eigenvalue weighted by molar-refractivity contribution is -0.151. The molecule has 0 saturated heterocycles. The summed E-state index contributed by atoms with van der Waals surface area (Å²) in [5.74, 6) is -0.476. The lowest BCUT2D eigenvalue weighted by Crippen LogP contribution is -2.46. The van der Waals surface area contributed by atoms with Crippen molar-refractivity contribution in [3.8, 4) is 0 Å². The van der Waals surface area contributed by atoms with Crippen molar-refractivity contribution in [2.75, 3.05) is 6.61 Å². The fraction of sp³-hybridized carbons (Fsp3) is 0.925. The molecule has 1 amide bonds. The van der Waals surface area contributed by atoms with Gasteiger partial charge >= 0.3 is 5.97 Å². The van der Waals surface area contributed by atoms with Crippen molar-refractivity contribution >= 4 is 11.9 Å². The van der Waals surface area contributed by atoms with Gasteiger partial charge < -0.3 is 20.3 Å². The molecule has 6 nitrogen and oxygen atoms in total. The van der Waals surface area contributed by atoms with E-state index in [0.29, 0.717) is 19.3 Å². The zero-order valence-electron chi connectivity index (χ0n) is 39.9. The highest BCUT2D eigenvalue weighted by atomic mass is 16.5. The Morgan fingerprint density at radius 2 is 0.814 bits per heavy atom. The maximum absolute atomic E-state index is 13.2. The van der Waals surface area contributed by atoms with Gasteiger partial charge in [-0.2, -0.15) is 0 Å². The topological polar surface area (TPSA) is 95.9 Å². The number of carbonyl (C=O) groups excluding carboxylic acids is 2. The molecule has 0 aliphatic rings. The third-order valence-corrected chi connectivity index (χ3v) is 12.3. The largest absolute Gasteiger partial charge is 0.462 e. The third kappa shape index (κ3) is 43.1. The van der Waals surface area contributed by atoms with E-state index in [2.05, 4.69) is 38.2 Å². The van der Waals surface area contributed by atoms with Crippen LogP contribution in [0, 0.1) is 0 Å². The molecule has 3 atom stereocenters. The number of ether oxygens (including phenoxy) is 1. The summed E-state index contributed by atoms with van der Waals surface area (Å²) in [4.78, 5) is 26.1. The van der Waals surface area contributed by atoms with Gasteiger partial charge in [-0.05, 0) is 51.4 Å². The first-order chi connectivity index (χ1) is 29.0. The molecule has 0 heterocycles. The molecule has 0 bridgehead atoms. The summed E-state index contributed by atoms with van der Waals surface area (Å²) in [5.41, 5.74) is 0. The lowest BCUT2D eigenvalue weighted by Gasteiger charge is -2.24. The Balaban J connectivity index is 4.45. The molecular weight excluding hydrogens is 731 g/mol. The van der Waals surface area contributed by atoms with Crippen LogP contribution in [0.1, 0.15) is 290 Å². The second kappa shape index (κ2) is 47.6. The van der Waals surface area contributed by atoms with Crippen LogP contribution in [-0.2, 0) is 14.3 Å². The van der Waals surface area contributed by atoms with Crippen molar-refractivity contribution < 1.29 is 24.5 Å². The molecule has 0 aromatic carbocycles. The number of aliphatic hydroxyl groups excluding tert-OH is 2. The smallest absolute Gasteiger partial charge is 0.306 e. The first kappa shape index (κ1) is 57.6. The van der Waals surface area contributed by atoms with Gasteiger partial charge in [-0.3, -0.25) is 9.59 Å². The Labute approximate surface area is 368 Å². The highest BCUT2D eigenvalue weighted by molar-refractivity contribution is 5.77. The van der Waals surface area contributed by atoms with E-state index in [-0.39, 0.29) is 24.9 Å². The minimum atomic E-state index is -0.785. The zero-order chi connectivity index (χ0) is 43.1. The van der Waals surface area contributed by atoms with Crippen LogP contribution >= 0.6 is 0 Å². The standard InChI is InChI=1S/C53H103NO5/c1-4-7-10-13-16-19-21-23-25-26-27-29-31-34-36-39-42-45-51(56)50(48-55)54-52(57)47-49(59-53(58)46-43-40-37-32-18-15-12-9-6-3)44-41-38-35-33-30-28-24-22-20-17-14-11-8-5-2/h28,30,49-51,55-56H,4-27,29,31-48H2,1-3H3,(H,54,57)/b30-28+. The summed E-state index contributed by atoms with van der Waals surface area (Å²) in [6.07, 6.45) is 52.8. The monoisotopic (exact) mass is 834 g/mol. The molecule has 59 heavy (non-hydrogen) atoms. The van der Waals surface area contributed by atoms with E-state index in [4.69, 9.17) is 4.74 Å². The van der Waals surface area contributed by atoms with Gasteiger partial charge in [0.1, 0.15) is 6.10 Å². The lowest BCUT2D eigenvalue weighted by atomic mass is 10.0. The molecule has 350 valence electrons. The Hall–Kier alpha value is -1.40. The predicted octanol–water partition coefficient (Wildman–Crippen LogP) is 15.7. The highest BCUT2D eigenvalue weighted by Gasteiger charge is 2.24. The summed E-state index contributed by atoms with van der Waals surface area (Å²) in [6.45, 7) is 6.48. The molecule has 0 rings (SSSR count). The maximum Gasteiger partial charge on any atom is 0.306 e. The number of nitrogens with one attached hydrogen (secondary N) is 1. The molecule has 0 aliphatic heterocycles. The molecular formula is C53H103NO5. The van der Waals surface area contributed by atoms with Gasteiger partial charge in [0.2, 0.25) is 5.91 Å². The van der Waals surface area contributed by atoms with Crippen molar-refractivity contribution in [2.45, 2.75) is 309 Å². The number of aliphatic hydroxyl groups is 2. The van der Waals surface area contributed by atoms with E-state index >= 15 is 0 Å². The fourth-order valence-electron chi connectivity index (χ4n) is 8.31. The molecule has 3 N–H and O–H groups in total. The van der Waals surface area contributed by atoms with Gasteiger partial charge in [0, 0.05) is 6.42 Å². The van der Waals surface area contributed by atoms with E-state index in [0.717, 1.165) is 57.8 Å². The third-order valence-electron chi connectivity index (χ3n) is 12.3. The molecule has 0 aliphatic carbocycles. The van der Waals surface area contributed by atoms with Crippen LogP contribution in [0.4, 0.5) is 0 Å². The van der Waals surface area contributed by atoms with Crippen LogP contribution in [0.25, 0.3) is 0 Å². The summed E-state index contributed by atoms with van der Waals surface area (Å²) in [5, 5.41) is 23.8. The van der Waals surface area contributed by atoms with Crippen molar-refractivity contribution in [3.05, 3.63) is 12.2 Å². The molecule has 0 aromatic heterocycles. The van der Waals surface area contributed by atoms with Crippen molar-refractivity contribution in [1.29, 1.82) is 0 Å². The van der Waals surface area contributed by atoms with E-state index in [1.807, 2.05) is 0 Å². The van der Waals surface area contributed by atoms with Gasteiger partial charge in [-0.25, -0.2) is 0 Å². The predicted molar refractivity (Wildman–Crippen MR) is 255 cm³/mol. The average Bonchev–Trinajstić information content (AvgIpc) is 3.23. The van der Waals surface area contributed by atoms with Crippen LogP contribution in [0.2, 0.25) is 0 Å². The summed E-state index contributed by atoms with van der Waals surface area (Å²) >= 11 is 0. The van der Waals surface area contributed by atoms with Crippen LogP contribution in [0.15, 0.2) is 12.2 Å². The number of carbonyl (C=O) groups is 2. The quantitative estimate of drug-likeness (QED) is 0.0322. The molecule has 0 saturated carbocycles. The van der Waals surface area contributed by atoms with E-state index < -0.39 is 18.2 Å². The first-order valence-corrected chi connectivity index (χ1v) is 26.4. The first-order valence-electron chi connectivity index (χ1n) is 26.4. The number of rotatable bonds is 48. The Kier molecular flexibility index (Phi) is 46.5. The van der Waals surface area contributed by atoms with Crippen LogP contribution in [-0.4, -0.2) is 46.9 Å². The number of hydrogen-bond donors (Lipinski definition) is 3. The van der Waals surface area contributed by atoms with Crippen LogP contribution < -0.4 is 5.32 Å². The van der Waals surface area contributed by atoms with E-state index in [1.54, 1.807) is 0 Å². The summed E-state index contributed by atoms with van der Waals surface area (Å²) in [7, 11) is 0. The molecule has 0 spiro atoms. The van der Waals surface area contributed by atoms with E-state index in [9.17, 15) is 19.8 Å². The molecule has 3 unspecified atom stereocenters. The number of esters is 1. The van der Waals surface area contributed by atoms with Gasteiger partial charge in [0.05, 0.1) is 25.2 Å². The molecule has 0 fully saturated rings. The zero-order valence-corrected chi connectivity index (χ0v) is 39.9. The van der Waals surface area contributed by atoms with Gasteiger partial charge in [-0.15, -0.1) is 0 Å². The van der Waals surface area contributed by atoms with Gasteiger partial charge in [0.15, 0.2) is 0 Å². The fourth-order valence-corrected chi connectivity index (χ4v) is 8.31. The van der Waals surface area contributed by atoms with Gasteiger partial charge in [-0.1, -0.05) is 238 Å². The normalized spacial score (nSPS) is 13.2. The highest BCUT2D eigenvalue weighted by Crippen LogP contribution is 2.18. The van der Waals surface area contributed by atoms with Crippen molar-refractivity contribution in [3.63, 3.8) is 0 Å². The van der Waals surface area contributed by atoms with E-state index in [1.165, 1.54) is 186 Å². The molecule has 0 radical (unpaired) electrons. The second-order valence-corrected chi connectivity index (χ2v) is 18.3. The average molecular weight is 834 g/mol. The number of amides is 1. The number of hydrogen-bond acceptors (Lipinski definition) is 5. The Morgan fingerprint density at radius 3 is 1.22 bits per heavy atom. The maximum atomic E-state index is 13.2. The van der Waals surface area contributed by atoms with Crippen molar-refractivity contribution in [1.82, 2.24) is 5.32 Å². The molecule has 0 aromatic rings. The molecule has 6 heteroatoms. The SMILES string of the molecule is CCCCCCCCC/C=C/CCCCCC(CC(=O)NC(CO)C(O)CCCCCCCCCCCCCCCCCCC)OC(=O)CCCCCCCCCCC. The number of allylic oxidation sites excluding steroid dienone is 2. The summed E-state index contributed by atoms with van der Waals surface area (Å²) < 4.78 is 5.91. The Morgan fingerprint density at radius 1 is 0.475 bits per heavy atom. The second-order valence-electron chi connectivity index (χ2n) is 18.3. The van der Waals surface area contributed by atoms with Gasteiger partial charge in [0.25, 0.3) is 0 Å². The minimum Gasteiger partial charge on any atom is -0.462 e. The van der Waals surface area contributed by atoms with Crippen molar-refractivity contribution in [2.24, 2.45) is 0 Å². The van der Waals surface area contributed by atoms with Crippen LogP contribution in [0.5, 0.6) is 0 Å². The van der Waals surface area contributed by atoms with Crippen LogP contribution in [0.3, 0.4) is 0 Å².